The summed E-state index contributed by atoms with van der Waals surface area (Å²) < 4.78 is 10.4. The number of amides is 2. The van der Waals surface area contributed by atoms with E-state index in [1.807, 2.05) is 42.5 Å². The van der Waals surface area contributed by atoms with Crippen LogP contribution in [0.4, 0.5) is 10.5 Å². The molecule has 1 aliphatic heterocycles. The Morgan fingerprint density at radius 3 is 2.49 bits per heavy atom. The average Bonchev–Trinajstić information content (AvgIpc) is 3.03. The summed E-state index contributed by atoms with van der Waals surface area (Å²) in [5, 5.41) is 15.2. The summed E-state index contributed by atoms with van der Waals surface area (Å²) in [6.45, 7) is 1.99. The second-order valence-electron chi connectivity index (χ2n) is 8.99. The van der Waals surface area contributed by atoms with Gasteiger partial charge in [-0.1, -0.05) is 48.5 Å². The first-order chi connectivity index (χ1) is 18.4. The Labute approximate surface area is 234 Å². The minimum absolute atomic E-state index is 0. The van der Waals surface area contributed by atoms with Gasteiger partial charge < -0.3 is 19.9 Å². The number of aliphatic carboxylic acids is 1. The smallest absolute Gasteiger partial charge is 0.407 e. The van der Waals surface area contributed by atoms with Gasteiger partial charge in [0.05, 0.1) is 12.6 Å². The van der Waals surface area contributed by atoms with Crippen LogP contribution < -0.4 is 15.5 Å². The van der Waals surface area contributed by atoms with E-state index in [4.69, 9.17) is 9.47 Å². The van der Waals surface area contributed by atoms with Gasteiger partial charge in [-0.05, 0) is 56.2 Å². The Kier molecular flexibility index (Phi) is 13.2. The topological polar surface area (TPSA) is 134 Å². The van der Waals surface area contributed by atoms with Gasteiger partial charge in [0.25, 0.3) is 0 Å². The molecule has 0 fully saturated rings. The SMILES string of the molecule is CCOC(=O)[C@H](CCCCNC(=O)OCc1ccccc1)NC1CCc2ccccc2N(CC(=O)O)C1=O.Cl. The van der Waals surface area contributed by atoms with Gasteiger partial charge in [0, 0.05) is 12.2 Å². The van der Waals surface area contributed by atoms with Crippen LogP contribution >= 0.6 is 12.4 Å². The van der Waals surface area contributed by atoms with Crippen molar-refractivity contribution < 1.29 is 33.8 Å². The Hall–Kier alpha value is -3.63. The van der Waals surface area contributed by atoms with Gasteiger partial charge in [-0.2, -0.15) is 0 Å². The molecule has 2 amide bonds. The molecule has 0 saturated heterocycles. The molecule has 10 nitrogen and oxygen atoms in total. The minimum atomic E-state index is -1.12. The molecule has 1 heterocycles. The number of rotatable bonds is 13. The number of ether oxygens (including phenoxy) is 2. The Morgan fingerprint density at radius 2 is 1.77 bits per heavy atom. The molecule has 3 N–H and O–H groups in total. The number of anilines is 1. The zero-order chi connectivity index (χ0) is 27.3. The predicted octanol–water partition coefficient (Wildman–Crippen LogP) is 3.46. The number of benzene rings is 2. The Morgan fingerprint density at radius 1 is 1.05 bits per heavy atom. The van der Waals surface area contributed by atoms with Crippen LogP contribution in [-0.4, -0.2) is 60.8 Å². The van der Waals surface area contributed by atoms with Crippen LogP contribution in [0.5, 0.6) is 0 Å². The number of carbonyl (C=O) groups excluding carboxylic acids is 3. The largest absolute Gasteiger partial charge is 0.480 e. The lowest BCUT2D eigenvalue weighted by molar-refractivity contribution is -0.146. The molecule has 0 aromatic heterocycles. The molecule has 11 heteroatoms. The third kappa shape index (κ3) is 9.88. The van der Waals surface area contributed by atoms with E-state index in [0.717, 1.165) is 11.1 Å². The summed E-state index contributed by atoms with van der Waals surface area (Å²) in [6, 6.07) is 15.1. The monoisotopic (exact) mass is 561 g/mol. The molecule has 39 heavy (non-hydrogen) atoms. The van der Waals surface area contributed by atoms with E-state index in [1.54, 1.807) is 19.1 Å². The normalized spacial score (nSPS) is 15.3. The fraction of sp³-hybridized carbons (Fsp3) is 0.429. The Balaban J connectivity index is 0.00000533. The lowest BCUT2D eigenvalue weighted by atomic mass is 10.0. The van der Waals surface area contributed by atoms with E-state index < -0.39 is 42.6 Å². The third-order valence-corrected chi connectivity index (χ3v) is 6.22. The first-order valence-corrected chi connectivity index (χ1v) is 12.9. The molecular formula is C28H36ClN3O7. The van der Waals surface area contributed by atoms with Gasteiger partial charge in [-0.3, -0.25) is 24.6 Å². The number of alkyl carbamates (subject to hydrolysis) is 1. The number of nitrogens with one attached hydrogen (secondary N) is 2. The van der Waals surface area contributed by atoms with Crippen LogP contribution in [0.1, 0.15) is 43.7 Å². The number of unbranched alkanes of at least 4 members (excludes halogenated alkanes) is 1. The van der Waals surface area contributed by atoms with Gasteiger partial charge in [-0.25, -0.2) is 4.79 Å². The van der Waals surface area contributed by atoms with Crippen molar-refractivity contribution in [1.29, 1.82) is 0 Å². The number of halogens is 1. The highest BCUT2D eigenvalue weighted by Gasteiger charge is 2.34. The maximum absolute atomic E-state index is 13.4. The van der Waals surface area contributed by atoms with Gasteiger partial charge in [0.1, 0.15) is 19.2 Å². The summed E-state index contributed by atoms with van der Waals surface area (Å²) in [7, 11) is 0. The van der Waals surface area contributed by atoms with Crippen LogP contribution in [0.2, 0.25) is 0 Å². The molecule has 0 spiro atoms. The molecule has 2 aromatic rings. The van der Waals surface area contributed by atoms with Crippen molar-refractivity contribution in [1.82, 2.24) is 10.6 Å². The van der Waals surface area contributed by atoms with Crippen molar-refractivity contribution >= 4 is 42.0 Å². The number of carboxylic acids is 1. The third-order valence-electron chi connectivity index (χ3n) is 6.22. The molecule has 1 aliphatic rings. The van der Waals surface area contributed by atoms with Gasteiger partial charge in [0.15, 0.2) is 0 Å². The van der Waals surface area contributed by atoms with E-state index >= 15 is 0 Å². The summed E-state index contributed by atoms with van der Waals surface area (Å²) >= 11 is 0. The molecule has 0 saturated carbocycles. The molecule has 212 valence electrons. The van der Waals surface area contributed by atoms with Crippen molar-refractivity contribution in [3.63, 3.8) is 0 Å². The number of carbonyl (C=O) groups is 4. The molecule has 3 rings (SSSR count). The first-order valence-electron chi connectivity index (χ1n) is 12.9. The molecule has 1 unspecified atom stereocenters. The molecule has 2 atom stereocenters. The van der Waals surface area contributed by atoms with Crippen LogP contribution in [-0.2, 0) is 36.9 Å². The number of fused-ring (bicyclic) bond motifs is 1. The lowest BCUT2D eigenvalue weighted by Crippen LogP contribution is -2.53. The fourth-order valence-corrected chi connectivity index (χ4v) is 4.36. The number of hydrogen-bond donors (Lipinski definition) is 3. The molecule has 2 aromatic carbocycles. The number of para-hydroxylation sites is 1. The highest BCUT2D eigenvalue weighted by atomic mass is 35.5. The molecule has 0 radical (unpaired) electrons. The van der Waals surface area contributed by atoms with E-state index in [0.29, 0.717) is 44.3 Å². The lowest BCUT2D eigenvalue weighted by Gasteiger charge is -2.27. The summed E-state index contributed by atoms with van der Waals surface area (Å²) in [6.07, 6.45) is 2.01. The maximum Gasteiger partial charge on any atom is 0.407 e. The fourth-order valence-electron chi connectivity index (χ4n) is 4.36. The molecule has 0 bridgehead atoms. The predicted molar refractivity (Wildman–Crippen MR) is 148 cm³/mol. The van der Waals surface area contributed by atoms with Crippen molar-refractivity contribution in [2.45, 2.75) is 57.7 Å². The zero-order valence-corrected chi connectivity index (χ0v) is 22.8. The number of esters is 1. The van der Waals surface area contributed by atoms with Gasteiger partial charge in [0.2, 0.25) is 5.91 Å². The van der Waals surface area contributed by atoms with Gasteiger partial charge >= 0.3 is 18.0 Å². The summed E-state index contributed by atoms with van der Waals surface area (Å²) in [5.41, 5.74) is 2.34. The van der Waals surface area contributed by atoms with Crippen molar-refractivity contribution in [3.8, 4) is 0 Å². The van der Waals surface area contributed by atoms with Crippen LogP contribution in [0.25, 0.3) is 0 Å². The summed E-state index contributed by atoms with van der Waals surface area (Å²) in [4.78, 5) is 50.7. The van der Waals surface area contributed by atoms with Crippen LogP contribution in [0.15, 0.2) is 54.6 Å². The molecular weight excluding hydrogens is 526 g/mol. The highest BCUT2D eigenvalue weighted by molar-refractivity contribution is 6.02. The van der Waals surface area contributed by atoms with E-state index in [-0.39, 0.29) is 25.6 Å². The molecule has 0 aliphatic carbocycles. The summed E-state index contributed by atoms with van der Waals surface area (Å²) in [5.74, 6) is -1.98. The van der Waals surface area contributed by atoms with Gasteiger partial charge in [-0.15, -0.1) is 12.4 Å². The standard InChI is InChI=1S/C28H35N3O7.ClH/c1-2-37-27(35)23(13-8-9-17-29-28(36)38-19-20-10-4-3-5-11-20)30-22-16-15-21-12-6-7-14-24(21)31(26(22)34)18-25(32)33;/h3-7,10-12,14,22-23,30H,2,8-9,13,15-19H2,1H3,(H,29,36)(H,32,33);1H/t22?,23-;/m0./s1. The Bertz CT molecular complexity index is 1100. The number of hydrogen-bond acceptors (Lipinski definition) is 7. The van der Waals surface area contributed by atoms with Crippen molar-refractivity contribution in [2.75, 3.05) is 24.6 Å². The van der Waals surface area contributed by atoms with E-state index in [9.17, 15) is 24.3 Å². The number of nitrogens with zero attached hydrogens (tertiary/aromatic N) is 1. The second-order valence-corrected chi connectivity index (χ2v) is 8.99. The minimum Gasteiger partial charge on any atom is -0.480 e. The van der Waals surface area contributed by atoms with E-state index in [2.05, 4.69) is 10.6 Å². The number of carboxylic acid groups (broad SMARTS) is 1. The van der Waals surface area contributed by atoms with Crippen molar-refractivity contribution in [3.05, 3.63) is 65.7 Å². The number of aryl methyl sites for hydroxylation is 1. The second kappa shape index (κ2) is 16.4. The average molecular weight is 562 g/mol. The highest BCUT2D eigenvalue weighted by Crippen LogP contribution is 2.27. The quantitative estimate of drug-likeness (QED) is 0.250. The van der Waals surface area contributed by atoms with Crippen molar-refractivity contribution in [2.24, 2.45) is 0 Å². The van der Waals surface area contributed by atoms with Crippen LogP contribution in [0, 0.1) is 0 Å². The maximum atomic E-state index is 13.4. The van der Waals surface area contributed by atoms with E-state index in [1.165, 1.54) is 4.90 Å². The zero-order valence-electron chi connectivity index (χ0n) is 22.0. The van der Waals surface area contributed by atoms with Crippen LogP contribution in [0.3, 0.4) is 0 Å². The first kappa shape index (κ1) is 31.6.